The Morgan fingerprint density at radius 1 is 0.939 bits per heavy atom. The minimum absolute atomic E-state index is 0.149. The number of hydrogen-bond acceptors (Lipinski definition) is 5. The molecule has 0 unspecified atom stereocenters. The SMILES string of the molecule is CC(C)(C)OC(=O)N1CCN(c2ccnc(-c3ccc4c(c3)C(C)(C)CCC4(C)C)n2)CC1. The summed E-state index contributed by atoms with van der Waals surface area (Å²) in [5, 5.41) is 0. The molecule has 33 heavy (non-hydrogen) atoms. The Morgan fingerprint density at radius 2 is 1.58 bits per heavy atom. The van der Waals surface area contributed by atoms with E-state index in [9.17, 15) is 4.79 Å². The largest absolute Gasteiger partial charge is 0.444 e. The zero-order valence-electron chi connectivity index (χ0n) is 21.2. The average molecular weight is 451 g/mol. The first-order valence-corrected chi connectivity index (χ1v) is 12.1. The van der Waals surface area contributed by atoms with Gasteiger partial charge in [0.25, 0.3) is 0 Å². The number of nitrogens with zero attached hydrogens (tertiary/aromatic N) is 4. The fourth-order valence-corrected chi connectivity index (χ4v) is 4.84. The lowest BCUT2D eigenvalue weighted by atomic mass is 9.63. The number of aromatic nitrogens is 2. The molecule has 1 aromatic carbocycles. The fraction of sp³-hybridized carbons (Fsp3) is 0.593. The summed E-state index contributed by atoms with van der Waals surface area (Å²) in [5.41, 5.74) is 3.78. The van der Waals surface area contributed by atoms with Crippen LogP contribution >= 0.6 is 0 Å². The van der Waals surface area contributed by atoms with Gasteiger partial charge < -0.3 is 14.5 Å². The van der Waals surface area contributed by atoms with Crippen molar-refractivity contribution in [1.29, 1.82) is 0 Å². The van der Waals surface area contributed by atoms with Gasteiger partial charge in [0.1, 0.15) is 11.4 Å². The summed E-state index contributed by atoms with van der Waals surface area (Å²) < 4.78 is 5.51. The summed E-state index contributed by atoms with van der Waals surface area (Å²) in [6, 6.07) is 8.71. The summed E-state index contributed by atoms with van der Waals surface area (Å²) in [4.78, 5) is 25.9. The number of rotatable bonds is 2. The molecule has 2 aliphatic rings. The molecule has 0 radical (unpaired) electrons. The zero-order valence-corrected chi connectivity index (χ0v) is 21.2. The highest BCUT2D eigenvalue weighted by Crippen LogP contribution is 2.46. The molecule has 1 aromatic heterocycles. The third-order valence-corrected chi connectivity index (χ3v) is 7.01. The molecule has 178 valence electrons. The van der Waals surface area contributed by atoms with Crippen LogP contribution in [0.3, 0.4) is 0 Å². The van der Waals surface area contributed by atoms with Crippen molar-refractivity contribution < 1.29 is 9.53 Å². The van der Waals surface area contributed by atoms with Gasteiger partial charge in [0, 0.05) is 37.9 Å². The molecule has 4 rings (SSSR count). The molecule has 0 N–H and O–H groups in total. The number of anilines is 1. The number of ether oxygens (including phenoxy) is 1. The van der Waals surface area contributed by atoms with E-state index in [0.29, 0.717) is 13.1 Å². The van der Waals surface area contributed by atoms with Gasteiger partial charge in [-0.15, -0.1) is 0 Å². The highest BCUT2D eigenvalue weighted by molar-refractivity contribution is 5.68. The van der Waals surface area contributed by atoms with Crippen LogP contribution in [-0.4, -0.2) is 52.7 Å². The van der Waals surface area contributed by atoms with Crippen LogP contribution in [0.2, 0.25) is 0 Å². The Labute approximate surface area is 198 Å². The Hall–Kier alpha value is -2.63. The predicted molar refractivity (Wildman–Crippen MR) is 133 cm³/mol. The van der Waals surface area contributed by atoms with Crippen LogP contribution in [-0.2, 0) is 15.6 Å². The van der Waals surface area contributed by atoms with Gasteiger partial charge in [-0.1, -0.05) is 39.8 Å². The predicted octanol–water partition coefficient (Wildman–Crippen LogP) is 5.55. The van der Waals surface area contributed by atoms with Crippen molar-refractivity contribution in [1.82, 2.24) is 14.9 Å². The van der Waals surface area contributed by atoms with E-state index in [1.165, 1.54) is 24.0 Å². The lowest BCUT2D eigenvalue weighted by Gasteiger charge is -2.42. The molecular formula is C27H38N4O2. The van der Waals surface area contributed by atoms with Gasteiger partial charge in [-0.2, -0.15) is 0 Å². The van der Waals surface area contributed by atoms with Gasteiger partial charge in [-0.25, -0.2) is 14.8 Å². The van der Waals surface area contributed by atoms with Crippen molar-refractivity contribution in [3.8, 4) is 11.4 Å². The summed E-state index contributed by atoms with van der Waals surface area (Å²) in [6.45, 7) is 17.7. The van der Waals surface area contributed by atoms with Crippen molar-refractivity contribution in [2.75, 3.05) is 31.1 Å². The summed E-state index contributed by atoms with van der Waals surface area (Å²) in [7, 11) is 0. The maximum absolute atomic E-state index is 12.4. The van der Waals surface area contributed by atoms with Crippen LogP contribution in [0.4, 0.5) is 10.6 Å². The van der Waals surface area contributed by atoms with Crippen LogP contribution < -0.4 is 4.90 Å². The van der Waals surface area contributed by atoms with Gasteiger partial charge in [0.15, 0.2) is 5.82 Å². The minimum atomic E-state index is -0.478. The quantitative estimate of drug-likeness (QED) is 0.600. The van der Waals surface area contributed by atoms with E-state index in [1.54, 1.807) is 4.90 Å². The monoisotopic (exact) mass is 450 g/mol. The standard InChI is InChI=1S/C27H38N4O2/c1-25(2,3)33-24(32)31-16-14-30(15-17-31)22-10-13-28-23(29-22)19-8-9-20-21(18-19)27(6,7)12-11-26(20,4)5/h8-10,13,18H,11-12,14-17H2,1-7H3. The highest BCUT2D eigenvalue weighted by Gasteiger charge is 2.37. The van der Waals surface area contributed by atoms with Crippen molar-refractivity contribution in [3.05, 3.63) is 41.6 Å². The third-order valence-electron chi connectivity index (χ3n) is 7.01. The Bertz CT molecular complexity index is 1030. The molecule has 1 aliphatic carbocycles. The first-order chi connectivity index (χ1) is 15.4. The molecule has 0 spiro atoms. The highest BCUT2D eigenvalue weighted by atomic mass is 16.6. The van der Waals surface area contributed by atoms with E-state index in [0.717, 1.165) is 30.3 Å². The molecule has 1 saturated heterocycles. The average Bonchev–Trinajstić information content (AvgIpc) is 2.76. The molecule has 0 atom stereocenters. The number of amides is 1. The van der Waals surface area contributed by atoms with Gasteiger partial charge in [-0.3, -0.25) is 0 Å². The molecular weight excluding hydrogens is 412 g/mol. The molecule has 2 aromatic rings. The molecule has 2 heterocycles. The molecule has 6 heteroatoms. The van der Waals surface area contributed by atoms with Crippen molar-refractivity contribution in [3.63, 3.8) is 0 Å². The molecule has 1 amide bonds. The fourth-order valence-electron chi connectivity index (χ4n) is 4.84. The molecule has 1 aliphatic heterocycles. The number of benzene rings is 1. The molecule has 6 nitrogen and oxygen atoms in total. The lowest BCUT2D eigenvalue weighted by molar-refractivity contribution is 0.0240. The van der Waals surface area contributed by atoms with Crippen molar-refractivity contribution in [2.45, 2.75) is 77.7 Å². The molecule has 0 saturated carbocycles. The third kappa shape index (κ3) is 4.99. The Balaban J connectivity index is 1.52. The number of carbonyl (C=O) groups is 1. The van der Waals surface area contributed by atoms with E-state index in [4.69, 9.17) is 9.72 Å². The van der Waals surface area contributed by atoms with E-state index < -0.39 is 5.60 Å². The molecule has 0 bridgehead atoms. The number of hydrogen-bond donors (Lipinski definition) is 0. The van der Waals surface area contributed by atoms with Gasteiger partial charge in [0.05, 0.1) is 0 Å². The first-order valence-electron chi connectivity index (χ1n) is 12.1. The van der Waals surface area contributed by atoms with E-state index in [-0.39, 0.29) is 16.9 Å². The Morgan fingerprint density at radius 3 is 2.21 bits per heavy atom. The van der Waals surface area contributed by atoms with Crippen LogP contribution in [0.5, 0.6) is 0 Å². The van der Waals surface area contributed by atoms with Crippen LogP contribution in [0.1, 0.15) is 72.4 Å². The minimum Gasteiger partial charge on any atom is -0.444 e. The second kappa shape index (κ2) is 8.30. The maximum Gasteiger partial charge on any atom is 0.410 e. The second-order valence-electron chi connectivity index (χ2n) is 11.7. The smallest absolute Gasteiger partial charge is 0.410 e. The summed E-state index contributed by atoms with van der Waals surface area (Å²) >= 11 is 0. The van der Waals surface area contributed by atoms with Gasteiger partial charge in [0.2, 0.25) is 0 Å². The topological polar surface area (TPSA) is 58.6 Å². The number of fused-ring (bicyclic) bond motifs is 1. The second-order valence-corrected chi connectivity index (χ2v) is 11.7. The number of carbonyl (C=O) groups excluding carboxylic acids is 1. The Kier molecular flexibility index (Phi) is 5.92. The van der Waals surface area contributed by atoms with Gasteiger partial charge in [-0.05, 0) is 67.7 Å². The zero-order chi connectivity index (χ0) is 24.0. The van der Waals surface area contributed by atoms with Crippen LogP contribution in [0.15, 0.2) is 30.5 Å². The lowest BCUT2D eigenvalue weighted by Crippen LogP contribution is -2.50. The van der Waals surface area contributed by atoms with Crippen molar-refractivity contribution in [2.24, 2.45) is 0 Å². The van der Waals surface area contributed by atoms with Crippen LogP contribution in [0.25, 0.3) is 11.4 Å². The van der Waals surface area contributed by atoms with Gasteiger partial charge >= 0.3 is 6.09 Å². The van der Waals surface area contributed by atoms with Crippen molar-refractivity contribution >= 4 is 11.9 Å². The summed E-state index contributed by atoms with van der Waals surface area (Å²) in [6.07, 6.45) is 3.98. The van der Waals surface area contributed by atoms with Crippen LogP contribution in [0, 0.1) is 0 Å². The number of piperazine rings is 1. The van der Waals surface area contributed by atoms with E-state index in [2.05, 4.69) is 55.8 Å². The molecule has 1 fully saturated rings. The summed E-state index contributed by atoms with van der Waals surface area (Å²) in [5.74, 6) is 1.66. The normalized spacial score (nSPS) is 19.7. The van der Waals surface area contributed by atoms with E-state index >= 15 is 0 Å². The van der Waals surface area contributed by atoms with E-state index in [1.807, 2.05) is 33.0 Å². The first kappa shape index (κ1) is 23.5. The maximum atomic E-state index is 12.4.